The second-order valence-electron chi connectivity index (χ2n) is 27.7. The average Bonchev–Trinajstić information content (AvgIpc) is 0.747. The van der Waals surface area contributed by atoms with Crippen LogP contribution in [-0.2, 0) is 12.8 Å². The third kappa shape index (κ3) is 20.1. The molecule has 16 aromatic carbocycles. The van der Waals surface area contributed by atoms with Gasteiger partial charge in [0.1, 0.15) is 0 Å². The van der Waals surface area contributed by atoms with E-state index >= 15 is 0 Å². The molecule has 0 aromatic heterocycles. The van der Waals surface area contributed by atoms with Crippen LogP contribution in [0.1, 0.15) is 61.2 Å². The van der Waals surface area contributed by atoms with Gasteiger partial charge in [0, 0.05) is 86.2 Å². The van der Waals surface area contributed by atoms with Crippen molar-refractivity contribution in [2.75, 3.05) is 0 Å². The van der Waals surface area contributed by atoms with Gasteiger partial charge < -0.3 is 0 Å². The second kappa shape index (κ2) is 41.5. The van der Waals surface area contributed by atoms with Gasteiger partial charge >= 0.3 is 0 Å². The van der Waals surface area contributed by atoms with E-state index in [2.05, 4.69) is 410 Å². The van der Waals surface area contributed by atoms with E-state index in [4.69, 9.17) is 116 Å². The van der Waals surface area contributed by atoms with Gasteiger partial charge in [0.05, 0.1) is 40.2 Å². The maximum Gasteiger partial charge on any atom is 0.0800 e. The molecule has 16 aromatic rings. The molecule has 0 fully saturated rings. The summed E-state index contributed by atoms with van der Waals surface area (Å²) in [5, 5.41) is 17.2. The summed E-state index contributed by atoms with van der Waals surface area (Å²) in [4.78, 5) is 0. The van der Waals surface area contributed by atoms with Crippen molar-refractivity contribution in [2.24, 2.45) is 0 Å². The van der Waals surface area contributed by atoms with E-state index in [0.717, 1.165) is 95.3 Å². The van der Waals surface area contributed by atoms with Gasteiger partial charge in [-0.2, -0.15) is 0 Å². The number of halogens is 21. The van der Waals surface area contributed by atoms with Crippen molar-refractivity contribution in [1.29, 1.82) is 0 Å². The number of hydrogen-bond donors (Lipinski definition) is 0. The molecule has 2 aliphatic rings. The van der Waals surface area contributed by atoms with Crippen LogP contribution in [-0.4, -0.2) is 0 Å². The Balaban J connectivity index is 0.000000128. The van der Waals surface area contributed by atoms with Gasteiger partial charge in [0.15, 0.2) is 0 Å². The molecule has 598 valence electrons. The lowest BCUT2D eigenvalue weighted by Crippen LogP contribution is -1.95. The highest BCUT2D eigenvalue weighted by Crippen LogP contribution is 2.53. The lowest BCUT2D eigenvalue weighted by molar-refractivity contribution is 1.27. The van der Waals surface area contributed by atoms with E-state index < -0.39 is 0 Å². The zero-order chi connectivity index (χ0) is 85.2. The maximum absolute atomic E-state index is 6.22. The number of rotatable bonds is 3. The predicted octanol–water partition coefficient (Wildman–Crippen LogP) is 41.9. The van der Waals surface area contributed by atoms with Gasteiger partial charge in [-0.1, -0.05) is 352 Å². The van der Waals surface area contributed by atoms with Crippen LogP contribution in [0.3, 0.4) is 0 Å². The van der Waals surface area contributed by atoms with Crippen LogP contribution in [0, 0.1) is 48.5 Å². The molecule has 0 bridgehead atoms. The van der Waals surface area contributed by atoms with Crippen molar-refractivity contribution in [2.45, 2.75) is 61.3 Å². The third-order valence-corrected chi connectivity index (χ3v) is 36.8. The molecule has 0 unspecified atom stereocenters. The van der Waals surface area contributed by atoms with E-state index in [1.807, 2.05) is 37.3 Å². The maximum atomic E-state index is 6.22. The van der Waals surface area contributed by atoms with Crippen LogP contribution in [0.25, 0.3) is 110 Å². The average molecular weight is 2460 g/mol. The Hall–Kier alpha value is -3.26. The number of allylic oxidation sites excluding steroid dienone is 2. The smallest absolute Gasteiger partial charge is 0.0800 e. The summed E-state index contributed by atoms with van der Waals surface area (Å²) in [6.45, 7) is 14.3. The van der Waals surface area contributed by atoms with Gasteiger partial charge in [-0.3, -0.25) is 0 Å². The van der Waals surface area contributed by atoms with Crippen molar-refractivity contribution in [3.05, 3.63) is 379 Å². The molecule has 0 nitrogen and oxygen atoms in total. The first-order valence-corrected chi connectivity index (χ1v) is 48.7. The van der Waals surface area contributed by atoms with Crippen molar-refractivity contribution in [3.63, 3.8) is 0 Å². The first-order valence-electron chi connectivity index (χ1n) is 36.2. The monoisotopic (exact) mass is 2450 g/mol. The van der Waals surface area contributed by atoms with Crippen molar-refractivity contribution in [3.8, 4) is 33.4 Å². The minimum atomic E-state index is 0.135. The fraction of sp³-hybridized carbons (Fsp3) is 0.0928. The fourth-order valence-corrected chi connectivity index (χ4v) is 23.5. The highest BCUT2D eigenvalue weighted by Gasteiger charge is 2.25. The van der Waals surface area contributed by atoms with Gasteiger partial charge in [0.2, 0.25) is 0 Å². The Morgan fingerprint density at radius 1 is 0.229 bits per heavy atom. The minimum Gasteiger partial charge on any atom is -0.0840 e. The summed E-state index contributed by atoms with van der Waals surface area (Å²) in [6.07, 6.45) is 10.9. The Morgan fingerprint density at radius 3 is 1.23 bits per heavy atom. The SMILES string of the molecule is Cc1c(Br)c(Br)c(Br)c2c(Br)c(Br)c(Br)c(Br)c12.Cc1c(Br)cc(-c2ccccc2)cc1-c1cccc(-c2ccccc2)c1.Cc1c(Br)cc2c3c(cccc13)C=CC2.Cc1c(Br)cc2ccccc2c1Br.Cc1c(Cl)c(Cl)c(Cl)c2c(Cl)c(Cl)c(Cl)c(Cl)c12.Cc1c(Cl)cc2c3c(cccc13)C=CC2.Cc1c(Cl)cc2ccccc2c1Cl. The summed E-state index contributed by atoms with van der Waals surface area (Å²) in [5.41, 5.74) is 20.7. The Kier molecular flexibility index (Phi) is 33.0. The molecule has 0 aliphatic heterocycles. The van der Waals surface area contributed by atoms with Gasteiger partial charge in [-0.25, -0.2) is 0 Å². The summed E-state index contributed by atoms with van der Waals surface area (Å²) in [6, 6.07) is 72.0. The zero-order valence-electron chi connectivity index (χ0n) is 63.3. The summed E-state index contributed by atoms with van der Waals surface area (Å²) < 4.78 is 11.8. The van der Waals surface area contributed by atoms with Crippen molar-refractivity contribution < 1.29 is 0 Å². The van der Waals surface area contributed by atoms with Crippen molar-refractivity contribution in [1.82, 2.24) is 0 Å². The van der Waals surface area contributed by atoms with Crippen LogP contribution in [0.15, 0.2) is 268 Å². The molecule has 0 amide bonds. The molecule has 2 aliphatic carbocycles. The van der Waals surface area contributed by atoms with E-state index in [9.17, 15) is 0 Å². The van der Waals surface area contributed by atoms with Crippen LogP contribution >= 0.6 is 291 Å². The van der Waals surface area contributed by atoms with E-state index in [-0.39, 0.29) is 30.1 Å². The summed E-state index contributed by atoms with van der Waals surface area (Å²) in [7, 11) is 0. The Morgan fingerprint density at radius 2 is 0.653 bits per heavy atom. The molecular weight excluding hydrogens is 2400 g/mol. The molecule has 18 rings (SSSR count). The molecular formula is C97H63Br11Cl10. The fourth-order valence-electron chi connectivity index (χ4n) is 14.0. The number of fused-ring (bicyclic) bond motifs is 4. The van der Waals surface area contributed by atoms with Crippen molar-refractivity contribution >= 4 is 368 Å². The third-order valence-electron chi connectivity index (χ3n) is 20.5. The molecule has 0 atom stereocenters. The van der Waals surface area contributed by atoms with E-state index in [0.29, 0.717) is 21.4 Å². The Labute approximate surface area is 830 Å². The first kappa shape index (κ1) is 93.9. The molecule has 0 radical (unpaired) electrons. The van der Waals surface area contributed by atoms with Crippen LogP contribution in [0.2, 0.25) is 50.2 Å². The van der Waals surface area contributed by atoms with Gasteiger partial charge in [-0.05, 0) is 363 Å². The van der Waals surface area contributed by atoms with Crippen LogP contribution in [0.5, 0.6) is 0 Å². The van der Waals surface area contributed by atoms with Crippen LogP contribution < -0.4 is 0 Å². The number of hydrogen-bond acceptors (Lipinski definition) is 0. The lowest BCUT2D eigenvalue weighted by atomic mass is 9.91. The minimum absolute atomic E-state index is 0.135. The largest absolute Gasteiger partial charge is 0.0840 e. The number of aryl methyl sites for hydroxylation is 4. The lowest BCUT2D eigenvalue weighted by Gasteiger charge is -2.16. The zero-order valence-corrected chi connectivity index (χ0v) is 88.3. The highest BCUT2D eigenvalue weighted by atomic mass is 79.9. The topological polar surface area (TPSA) is 0 Å². The van der Waals surface area contributed by atoms with Crippen LogP contribution in [0.4, 0.5) is 0 Å². The summed E-state index contributed by atoms with van der Waals surface area (Å²) >= 11 is 101. The van der Waals surface area contributed by atoms with E-state index in [1.54, 1.807) is 6.92 Å². The molecule has 0 spiro atoms. The molecule has 0 N–H and O–H groups in total. The highest BCUT2D eigenvalue weighted by molar-refractivity contribution is 9.15. The molecule has 0 saturated heterocycles. The van der Waals surface area contributed by atoms with Gasteiger partial charge in [0.25, 0.3) is 0 Å². The van der Waals surface area contributed by atoms with E-state index in [1.165, 1.54) is 125 Å². The standard InChI is InChI=1S/C25H19Br.C14H11Br.C14H11Cl.C11H3Br7.C11H8Br2.C11H3Cl7.C11H8Cl2/c1-18-24(16-23(17-25(18)26)20-11-6-3-7-12-20)22-14-8-13-21(15-22)19-9-4-2-5-10-19;2*1-9-12-7-3-5-10-4-2-6-11(14(10)12)8-13(9)15;1-2-3-4(7(14)9(16)5(2)12)8(15)11(18)10(17)6(3)13;1-7-10(12)6-8-4-2-3-5-9(8)11(7)13;1-2-3-4(7(14)9(16)5(2)12)8(15)11(18)10(17)6(3)13;1-7-10(12)6-8-4-2-3-5-9(8)11(7)13/h2-17H,1H3;2*2-5,7-8H,6H2,1H3;1H3;2-6H,1H3;1H3;2-6H,1H3. The molecule has 21 heteroatoms. The Bertz CT molecular complexity index is 6190. The molecule has 0 saturated carbocycles. The normalized spacial score (nSPS) is 11.6. The quantitative estimate of drug-likeness (QED) is 0.122. The number of benzene rings is 16. The summed E-state index contributed by atoms with van der Waals surface area (Å²) in [5.74, 6) is 0. The first-order chi connectivity index (χ1) is 56.2. The van der Waals surface area contributed by atoms with Gasteiger partial charge in [-0.15, -0.1) is 0 Å². The molecule has 0 heterocycles. The second-order valence-corrected chi connectivity index (χ2v) is 40.4. The molecule has 118 heavy (non-hydrogen) atoms. The predicted molar refractivity (Wildman–Crippen MR) is 560 cm³/mol.